The number of piperidine rings is 1. The van der Waals surface area contributed by atoms with Gasteiger partial charge in [-0.05, 0) is 30.5 Å². The minimum absolute atomic E-state index is 0.00773. The third kappa shape index (κ3) is 4.77. The number of carbonyl (C=O) groups excluding carboxylic acids is 1. The van der Waals surface area contributed by atoms with Crippen LogP contribution in [0.25, 0.3) is 0 Å². The number of aromatic nitrogens is 3. The summed E-state index contributed by atoms with van der Waals surface area (Å²) in [5, 5.41) is 7.79. The lowest BCUT2D eigenvalue weighted by molar-refractivity contribution is -0.122. The zero-order valence-corrected chi connectivity index (χ0v) is 13.6. The Hall–Kier alpha value is -1.92. The van der Waals surface area contributed by atoms with Crippen molar-refractivity contribution in [2.45, 2.75) is 32.0 Å². The van der Waals surface area contributed by atoms with Crippen LogP contribution in [0.4, 0.5) is 0 Å². The first-order valence-corrected chi connectivity index (χ1v) is 8.15. The Morgan fingerprint density at radius 2 is 2.00 bits per heavy atom. The summed E-state index contributed by atoms with van der Waals surface area (Å²) in [6, 6.07) is 8.22. The van der Waals surface area contributed by atoms with Crippen molar-refractivity contribution in [1.82, 2.24) is 25.0 Å². The quantitative estimate of drug-likeness (QED) is 0.905. The fourth-order valence-electron chi connectivity index (χ4n) is 2.82. The molecule has 122 valence electrons. The summed E-state index contributed by atoms with van der Waals surface area (Å²) in [6.45, 7) is 3.12. The van der Waals surface area contributed by atoms with E-state index in [4.69, 9.17) is 11.6 Å². The molecule has 1 N–H and O–H groups in total. The van der Waals surface area contributed by atoms with Crippen LogP contribution in [-0.2, 0) is 17.9 Å². The average Bonchev–Trinajstić information content (AvgIpc) is 3.04. The van der Waals surface area contributed by atoms with Crippen molar-refractivity contribution in [3.8, 4) is 0 Å². The topological polar surface area (TPSA) is 63.1 Å². The molecule has 2 aromatic rings. The zero-order chi connectivity index (χ0) is 16.1. The highest BCUT2D eigenvalue weighted by Crippen LogP contribution is 2.15. The predicted octanol–water partition coefficient (Wildman–Crippen LogP) is 1.71. The second kappa shape index (κ2) is 7.57. The summed E-state index contributed by atoms with van der Waals surface area (Å²) in [7, 11) is 0. The van der Waals surface area contributed by atoms with Gasteiger partial charge in [0.25, 0.3) is 0 Å². The molecule has 1 aromatic carbocycles. The van der Waals surface area contributed by atoms with Crippen LogP contribution in [0.2, 0.25) is 5.02 Å². The molecular weight excluding hydrogens is 314 g/mol. The molecule has 1 aliphatic heterocycles. The number of benzene rings is 1. The van der Waals surface area contributed by atoms with Gasteiger partial charge in [0.05, 0.1) is 0 Å². The van der Waals surface area contributed by atoms with Crippen molar-refractivity contribution in [3.63, 3.8) is 0 Å². The third-order valence-electron chi connectivity index (χ3n) is 4.04. The second-order valence-corrected chi connectivity index (χ2v) is 6.27. The van der Waals surface area contributed by atoms with Gasteiger partial charge in [0.1, 0.15) is 19.2 Å². The van der Waals surface area contributed by atoms with E-state index in [0.717, 1.165) is 37.5 Å². The molecule has 0 atom stereocenters. The first-order valence-electron chi connectivity index (χ1n) is 7.77. The van der Waals surface area contributed by atoms with Crippen LogP contribution in [-0.4, -0.2) is 44.7 Å². The van der Waals surface area contributed by atoms with E-state index in [1.807, 2.05) is 12.1 Å². The Kier molecular flexibility index (Phi) is 5.25. The fourth-order valence-corrected chi connectivity index (χ4v) is 2.94. The molecule has 0 spiro atoms. The fraction of sp³-hybridized carbons (Fsp3) is 0.438. The lowest BCUT2D eigenvalue weighted by Crippen LogP contribution is -2.45. The molecule has 1 fully saturated rings. The molecule has 0 bridgehead atoms. The number of hydrogen-bond donors (Lipinski definition) is 1. The van der Waals surface area contributed by atoms with Gasteiger partial charge in [0.2, 0.25) is 5.91 Å². The van der Waals surface area contributed by atoms with Crippen molar-refractivity contribution < 1.29 is 4.79 Å². The number of rotatable bonds is 5. The Morgan fingerprint density at radius 1 is 1.26 bits per heavy atom. The van der Waals surface area contributed by atoms with Gasteiger partial charge in [-0.1, -0.05) is 23.7 Å². The lowest BCUT2D eigenvalue weighted by Gasteiger charge is -2.32. The van der Waals surface area contributed by atoms with Crippen LogP contribution in [0.3, 0.4) is 0 Å². The Labute approximate surface area is 140 Å². The molecule has 1 amide bonds. The highest BCUT2D eigenvalue weighted by atomic mass is 35.5. The molecule has 0 saturated carbocycles. The van der Waals surface area contributed by atoms with E-state index in [1.54, 1.807) is 6.33 Å². The molecule has 7 heteroatoms. The van der Waals surface area contributed by atoms with E-state index in [0.29, 0.717) is 0 Å². The van der Waals surface area contributed by atoms with E-state index >= 15 is 0 Å². The molecule has 1 aromatic heterocycles. The van der Waals surface area contributed by atoms with Crippen molar-refractivity contribution in [2.75, 3.05) is 13.1 Å². The van der Waals surface area contributed by atoms with Crippen LogP contribution in [0.15, 0.2) is 36.9 Å². The summed E-state index contributed by atoms with van der Waals surface area (Å²) in [6.07, 6.45) is 4.92. The standard InChI is InChI=1S/C16H20ClN5O/c17-14-3-1-13(2-4-14)9-21-7-5-15(6-8-21)20-16(23)10-22-12-18-11-19-22/h1-4,11-12,15H,5-10H2,(H,20,23). The lowest BCUT2D eigenvalue weighted by atomic mass is 10.0. The van der Waals surface area contributed by atoms with Crippen LogP contribution in [0.1, 0.15) is 18.4 Å². The highest BCUT2D eigenvalue weighted by molar-refractivity contribution is 6.30. The molecule has 1 aliphatic rings. The molecule has 3 rings (SSSR count). The van der Waals surface area contributed by atoms with Crippen molar-refractivity contribution in [3.05, 3.63) is 47.5 Å². The second-order valence-electron chi connectivity index (χ2n) is 5.84. The van der Waals surface area contributed by atoms with Gasteiger partial charge >= 0.3 is 0 Å². The summed E-state index contributed by atoms with van der Waals surface area (Å²) in [5.41, 5.74) is 1.27. The first-order chi connectivity index (χ1) is 11.2. The van der Waals surface area contributed by atoms with Gasteiger partial charge in [-0.15, -0.1) is 0 Å². The van der Waals surface area contributed by atoms with E-state index in [2.05, 4.69) is 32.4 Å². The van der Waals surface area contributed by atoms with E-state index in [1.165, 1.54) is 16.6 Å². The normalized spacial score (nSPS) is 16.4. The van der Waals surface area contributed by atoms with E-state index in [-0.39, 0.29) is 18.5 Å². The smallest absolute Gasteiger partial charge is 0.242 e. The number of carbonyl (C=O) groups is 1. The molecule has 0 unspecified atom stereocenters. The molecule has 2 heterocycles. The predicted molar refractivity (Wildman–Crippen MR) is 87.9 cm³/mol. The Balaban J connectivity index is 1.41. The largest absolute Gasteiger partial charge is 0.352 e. The maximum atomic E-state index is 12.0. The Morgan fingerprint density at radius 3 is 2.65 bits per heavy atom. The summed E-state index contributed by atoms with van der Waals surface area (Å²) < 4.78 is 1.53. The maximum absolute atomic E-state index is 12.0. The highest BCUT2D eigenvalue weighted by Gasteiger charge is 2.20. The van der Waals surface area contributed by atoms with Gasteiger partial charge in [-0.3, -0.25) is 9.69 Å². The van der Waals surface area contributed by atoms with Gasteiger partial charge < -0.3 is 5.32 Å². The number of likely N-dealkylation sites (tertiary alicyclic amines) is 1. The van der Waals surface area contributed by atoms with Crippen LogP contribution in [0, 0.1) is 0 Å². The summed E-state index contributed by atoms with van der Waals surface area (Å²) in [4.78, 5) is 18.2. The van der Waals surface area contributed by atoms with Crippen LogP contribution >= 0.6 is 11.6 Å². The number of hydrogen-bond acceptors (Lipinski definition) is 4. The van der Waals surface area contributed by atoms with Crippen molar-refractivity contribution in [2.24, 2.45) is 0 Å². The molecular formula is C16H20ClN5O. The Bertz CT molecular complexity index is 620. The molecule has 1 saturated heterocycles. The molecule has 23 heavy (non-hydrogen) atoms. The van der Waals surface area contributed by atoms with Gasteiger partial charge in [-0.25, -0.2) is 9.67 Å². The van der Waals surface area contributed by atoms with E-state index in [9.17, 15) is 4.79 Å². The summed E-state index contributed by atoms with van der Waals surface area (Å²) >= 11 is 5.91. The molecule has 0 aliphatic carbocycles. The monoisotopic (exact) mass is 333 g/mol. The van der Waals surface area contributed by atoms with Crippen molar-refractivity contribution in [1.29, 1.82) is 0 Å². The minimum Gasteiger partial charge on any atom is -0.352 e. The maximum Gasteiger partial charge on any atom is 0.242 e. The van der Waals surface area contributed by atoms with Gasteiger partial charge in [0, 0.05) is 30.7 Å². The SMILES string of the molecule is O=C(Cn1cncn1)NC1CCN(Cc2ccc(Cl)cc2)CC1. The van der Waals surface area contributed by atoms with Crippen LogP contribution in [0.5, 0.6) is 0 Å². The number of nitrogens with zero attached hydrogens (tertiary/aromatic N) is 4. The van der Waals surface area contributed by atoms with Crippen molar-refractivity contribution >= 4 is 17.5 Å². The van der Waals surface area contributed by atoms with Crippen LogP contribution < -0.4 is 5.32 Å². The third-order valence-corrected chi connectivity index (χ3v) is 4.30. The average molecular weight is 334 g/mol. The van der Waals surface area contributed by atoms with E-state index < -0.39 is 0 Å². The van der Waals surface area contributed by atoms with Gasteiger partial charge in [-0.2, -0.15) is 5.10 Å². The number of amides is 1. The molecule has 0 radical (unpaired) electrons. The number of nitrogens with one attached hydrogen (secondary N) is 1. The van der Waals surface area contributed by atoms with Gasteiger partial charge in [0.15, 0.2) is 0 Å². The minimum atomic E-state index is -0.00773. The summed E-state index contributed by atoms with van der Waals surface area (Å²) in [5.74, 6) is -0.00773. The zero-order valence-electron chi connectivity index (χ0n) is 12.9. The number of halogens is 1. The molecule has 6 nitrogen and oxygen atoms in total. The first kappa shape index (κ1) is 16.0.